The molecule has 1 aromatic rings. The van der Waals surface area contributed by atoms with Gasteiger partial charge in [0.2, 0.25) is 0 Å². The van der Waals surface area contributed by atoms with Crippen LogP contribution in [0.25, 0.3) is 0 Å². The molecule has 1 saturated heterocycles. The molecule has 1 aliphatic rings. The SMILES string of the molecule is CCOC(=O)N1CCC(Nc2cccc(Cl)c2Br)CC1. The first-order chi connectivity index (χ1) is 9.61. The van der Waals surface area contributed by atoms with Crippen LogP contribution in [-0.4, -0.2) is 36.7 Å². The molecule has 0 bridgehead atoms. The van der Waals surface area contributed by atoms with Gasteiger partial charge in [0.1, 0.15) is 0 Å². The monoisotopic (exact) mass is 360 g/mol. The van der Waals surface area contributed by atoms with E-state index in [1.165, 1.54) is 0 Å². The second kappa shape index (κ2) is 7.18. The average molecular weight is 362 g/mol. The van der Waals surface area contributed by atoms with E-state index in [-0.39, 0.29) is 6.09 Å². The summed E-state index contributed by atoms with van der Waals surface area (Å²) in [6.45, 7) is 3.68. The van der Waals surface area contributed by atoms with Crippen molar-refractivity contribution in [2.75, 3.05) is 25.0 Å². The van der Waals surface area contributed by atoms with E-state index in [0.717, 1.165) is 23.0 Å². The highest BCUT2D eigenvalue weighted by molar-refractivity contribution is 9.10. The molecule has 0 aliphatic carbocycles. The van der Waals surface area contributed by atoms with Crippen LogP contribution in [0.4, 0.5) is 10.5 Å². The first-order valence-corrected chi connectivity index (χ1v) is 7.91. The summed E-state index contributed by atoms with van der Waals surface area (Å²) in [4.78, 5) is 13.4. The average Bonchev–Trinajstić information content (AvgIpc) is 2.45. The van der Waals surface area contributed by atoms with Crippen molar-refractivity contribution in [3.63, 3.8) is 0 Å². The molecule has 0 unspecified atom stereocenters. The second-order valence-corrected chi connectivity index (χ2v) is 5.91. The van der Waals surface area contributed by atoms with Crippen molar-refractivity contribution in [1.29, 1.82) is 0 Å². The van der Waals surface area contributed by atoms with E-state index in [0.29, 0.717) is 30.8 Å². The molecule has 6 heteroatoms. The molecular formula is C14H18BrClN2O2. The first-order valence-electron chi connectivity index (χ1n) is 6.74. The molecule has 0 radical (unpaired) electrons. The van der Waals surface area contributed by atoms with Crippen LogP contribution >= 0.6 is 27.5 Å². The van der Waals surface area contributed by atoms with E-state index in [4.69, 9.17) is 16.3 Å². The van der Waals surface area contributed by atoms with E-state index < -0.39 is 0 Å². The number of likely N-dealkylation sites (tertiary alicyclic amines) is 1. The number of ether oxygens (including phenoxy) is 1. The van der Waals surface area contributed by atoms with Gasteiger partial charge in [0.25, 0.3) is 0 Å². The smallest absolute Gasteiger partial charge is 0.409 e. The third kappa shape index (κ3) is 3.79. The Kier molecular flexibility index (Phi) is 5.54. The molecule has 4 nitrogen and oxygen atoms in total. The molecule has 1 aliphatic heterocycles. The maximum Gasteiger partial charge on any atom is 0.409 e. The van der Waals surface area contributed by atoms with Gasteiger partial charge in [-0.2, -0.15) is 0 Å². The van der Waals surface area contributed by atoms with Crippen LogP contribution in [0.5, 0.6) is 0 Å². The first kappa shape index (κ1) is 15.4. The Morgan fingerprint density at radius 2 is 2.20 bits per heavy atom. The highest BCUT2D eigenvalue weighted by Crippen LogP contribution is 2.31. The van der Waals surface area contributed by atoms with Gasteiger partial charge in [0.15, 0.2) is 0 Å². The fourth-order valence-corrected chi connectivity index (χ4v) is 2.81. The standard InChI is InChI=1S/C14H18BrClN2O2/c1-2-20-14(19)18-8-6-10(7-9-18)17-12-5-3-4-11(16)13(12)15/h3-5,10,17H,2,6-9H2,1H3. The fraction of sp³-hybridized carbons (Fsp3) is 0.500. The number of hydrogen-bond donors (Lipinski definition) is 1. The lowest BCUT2D eigenvalue weighted by Gasteiger charge is -2.32. The van der Waals surface area contributed by atoms with Crippen LogP contribution in [0.1, 0.15) is 19.8 Å². The van der Waals surface area contributed by atoms with E-state index in [1.807, 2.05) is 25.1 Å². The summed E-state index contributed by atoms with van der Waals surface area (Å²) in [7, 11) is 0. The molecule has 2 rings (SSSR count). The molecule has 0 spiro atoms. The van der Waals surface area contributed by atoms with Crippen LogP contribution in [0.3, 0.4) is 0 Å². The predicted octanol–water partition coefficient (Wildman–Crippen LogP) is 4.14. The Hall–Kier alpha value is -0.940. The summed E-state index contributed by atoms with van der Waals surface area (Å²) < 4.78 is 5.90. The van der Waals surface area contributed by atoms with Gasteiger partial charge in [0.05, 0.1) is 21.8 Å². The van der Waals surface area contributed by atoms with Crippen molar-refractivity contribution < 1.29 is 9.53 Å². The lowest BCUT2D eigenvalue weighted by Crippen LogP contribution is -2.42. The number of nitrogens with one attached hydrogen (secondary N) is 1. The van der Waals surface area contributed by atoms with Gasteiger partial charge >= 0.3 is 6.09 Å². The van der Waals surface area contributed by atoms with Gasteiger partial charge < -0.3 is 15.0 Å². The van der Waals surface area contributed by atoms with Crippen LogP contribution in [-0.2, 0) is 4.74 Å². The molecule has 0 saturated carbocycles. The molecular weight excluding hydrogens is 344 g/mol. The Balaban J connectivity index is 1.88. The molecule has 1 heterocycles. The summed E-state index contributed by atoms with van der Waals surface area (Å²) in [5.74, 6) is 0. The quantitative estimate of drug-likeness (QED) is 0.880. The summed E-state index contributed by atoms with van der Waals surface area (Å²) >= 11 is 9.56. The minimum Gasteiger partial charge on any atom is -0.450 e. The van der Waals surface area contributed by atoms with Gasteiger partial charge in [-0.15, -0.1) is 0 Å². The van der Waals surface area contributed by atoms with Crippen LogP contribution < -0.4 is 5.32 Å². The Morgan fingerprint density at radius 3 is 2.85 bits per heavy atom. The number of hydrogen-bond acceptors (Lipinski definition) is 3. The van der Waals surface area contributed by atoms with Crippen molar-refractivity contribution in [2.24, 2.45) is 0 Å². The molecule has 1 fully saturated rings. The van der Waals surface area contributed by atoms with Crippen molar-refractivity contribution in [3.05, 3.63) is 27.7 Å². The molecule has 1 amide bonds. The zero-order valence-electron chi connectivity index (χ0n) is 11.4. The lowest BCUT2D eigenvalue weighted by molar-refractivity contribution is 0.0983. The van der Waals surface area contributed by atoms with Gasteiger partial charge in [0, 0.05) is 19.1 Å². The number of halogens is 2. The van der Waals surface area contributed by atoms with Gasteiger partial charge in [-0.3, -0.25) is 0 Å². The van der Waals surface area contributed by atoms with E-state index >= 15 is 0 Å². The topological polar surface area (TPSA) is 41.6 Å². The summed E-state index contributed by atoms with van der Waals surface area (Å²) in [5.41, 5.74) is 0.993. The minimum absolute atomic E-state index is 0.213. The third-order valence-electron chi connectivity index (χ3n) is 3.33. The third-order valence-corrected chi connectivity index (χ3v) is 4.73. The van der Waals surface area contributed by atoms with Gasteiger partial charge in [-0.25, -0.2) is 4.79 Å². The molecule has 1 aromatic carbocycles. The highest BCUT2D eigenvalue weighted by Gasteiger charge is 2.23. The highest BCUT2D eigenvalue weighted by atomic mass is 79.9. The molecule has 0 atom stereocenters. The van der Waals surface area contributed by atoms with Crippen LogP contribution in [0, 0.1) is 0 Å². The van der Waals surface area contributed by atoms with E-state index in [1.54, 1.807) is 4.90 Å². The number of anilines is 1. The number of rotatable bonds is 3. The lowest BCUT2D eigenvalue weighted by atomic mass is 10.1. The van der Waals surface area contributed by atoms with E-state index in [2.05, 4.69) is 21.2 Å². The Labute approximate surface area is 132 Å². The zero-order valence-corrected chi connectivity index (χ0v) is 13.7. The second-order valence-electron chi connectivity index (χ2n) is 4.71. The molecule has 0 aromatic heterocycles. The van der Waals surface area contributed by atoms with Crippen molar-refractivity contribution in [3.8, 4) is 0 Å². The van der Waals surface area contributed by atoms with Crippen molar-refractivity contribution >= 4 is 39.3 Å². The fourth-order valence-electron chi connectivity index (χ4n) is 2.26. The van der Waals surface area contributed by atoms with Gasteiger partial charge in [-0.05, 0) is 47.8 Å². The Bertz CT molecular complexity index is 476. The summed E-state index contributed by atoms with van der Waals surface area (Å²) in [6.07, 6.45) is 1.59. The van der Waals surface area contributed by atoms with Crippen LogP contribution in [0.15, 0.2) is 22.7 Å². The normalized spacial score (nSPS) is 16.1. The maximum atomic E-state index is 11.6. The number of amides is 1. The number of nitrogens with zero attached hydrogens (tertiary/aromatic N) is 1. The number of carbonyl (C=O) groups is 1. The predicted molar refractivity (Wildman–Crippen MR) is 84.4 cm³/mol. The molecule has 20 heavy (non-hydrogen) atoms. The van der Waals surface area contributed by atoms with Crippen molar-refractivity contribution in [2.45, 2.75) is 25.8 Å². The number of piperidine rings is 1. The zero-order chi connectivity index (χ0) is 14.5. The minimum atomic E-state index is -0.213. The number of carbonyl (C=O) groups excluding carboxylic acids is 1. The van der Waals surface area contributed by atoms with Crippen LogP contribution in [0.2, 0.25) is 5.02 Å². The molecule has 110 valence electrons. The molecule has 1 N–H and O–H groups in total. The summed E-state index contributed by atoms with van der Waals surface area (Å²) in [5, 5.41) is 4.16. The van der Waals surface area contributed by atoms with Gasteiger partial charge in [-0.1, -0.05) is 17.7 Å². The maximum absolute atomic E-state index is 11.6. The summed E-state index contributed by atoms with van der Waals surface area (Å²) in [6, 6.07) is 6.10. The largest absolute Gasteiger partial charge is 0.450 e. The van der Waals surface area contributed by atoms with Crippen molar-refractivity contribution in [1.82, 2.24) is 4.90 Å². The van der Waals surface area contributed by atoms with E-state index in [9.17, 15) is 4.79 Å². The number of benzene rings is 1. The Morgan fingerprint density at radius 1 is 1.50 bits per heavy atom.